The zero-order valence-corrected chi connectivity index (χ0v) is 16.8. The molecule has 1 aliphatic carbocycles. The van der Waals surface area contributed by atoms with E-state index in [1.165, 1.54) is 12.1 Å². The van der Waals surface area contributed by atoms with E-state index in [-0.39, 0.29) is 6.04 Å². The molecule has 1 aromatic carbocycles. The highest BCUT2D eigenvalue weighted by Gasteiger charge is 2.31. The molecule has 3 rings (SSSR count). The van der Waals surface area contributed by atoms with Gasteiger partial charge in [-0.3, -0.25) is 9.69 Å². The number of piperazine rings is 1. The highest BCUT2D eigenvalue weighted by Crippen LogP contribution is 2.32. The van der Waals surface area contributed by atoms with Crippen LogP contribution in [-0.2, 0) is 11.0 Å². The van der Waals surface area contributed by atoms with Crippen molar-refractivity contribution < 1.29 is 26.7 Å². The number of halogens is 5. The Morgan fingerprint density at radius 2 is 1.73 bits per heavy atom. The second-order valence-electron chi connectivity index (χ2n) is 8.19. The van der Waals surface area contributed by atoms with Crippen LogP contribution in [0.2, 0.25) is 0 Å². The average molecular weight is 433 g/mol. The number of anilines is 1. The number of amides is 1. The van der Waals surface area contributed by atoms with Crippen molar-refractivity contribution in [1.29, 1.82) is 0 Å². The quantitative estimate of drug-likeness (QED) is 0.685. The third kappa shape index (κ3) is 6.30. The van der Waals surface area contributed by atoms with Gasteiger partial charge in [-0.25, -0.2) is 0 Å². The topological polar surface area (TPSA) is 35.6 Å². The maximum absolute atomic E-state index is 12.9. The molecule has 2 aliphatic rings. The van der Waals surface area contributed by atoms with Crippen molar-refractivity contribution in [3.8, 4) is 0 Å². The Hall–Kier alpha value is -1.90. The highest BCUT2D eigenvalue weighted by atomic mass is 19.4. The van der Waals surface area contributed by atoms with Crippen molar-refractivity contribution in [2.24, 2.45) is 5.92 Å². The number of hydrogen-bond donors (Lipinski definition) is 1. The fraction of sp³-hybridized carbons (Fsp3) is 0.667. The lowest BCUT2D eigenvalue weighted by molar-refractivity contribution is -0.137. The molecule has 168 valence electrons. The minimum atomic E-state index is -4.33. The molecule has 1 saturated heterocycles. The van der Waals surface area contributed by atoms with Crippen LogP contribution in [0, 0.1) is 5.92 Å². The first-order valence-electron chi connectivity index (χ1n) is 10.5. The first-order chi connectivity index (χ1) is 14.2. The highest BCUT2D eigenvalue weighted by molar-refractivity contribution is 5.79. The largest absolute Gasteiger partial charge is 0.416 e. The zero-order valence-electron chi connectivity index (χ0n) is 16.8. The van der Waals surface area contributed by atoms with Crippen LogP contribution in [0.4, 0.5) is 27.6 Å². The number of rotatable bonds is 6. The Morgan fingerprint density at radius 1 is 1.07 bits per heavy atom. The van der Waals surface area contributed by atoms with Gasteiger partial charge in [-0.05, 0) is 62.8 Å². The molecule has 30 heavy (non-hydrogen) atoms. The Bertz CT molecular complexity index is 696. The molecule has 1 aromatic rings. The summed E-state index contributed by atoms with van der Waals surface area (Å²) < 4.78 is 63.4. The number of alkyl halides is 5. The van der Waals surface area contributed by atoms with Crippen LogP contribution in [0.1, 0.15) is 37.7 Å². The third-order valence-corrected chi connectivity index (χ3v) is 6.16. The summed E-state index contributed by atoms with van der Waals surface area (Å²) in [6.45, 7) is 3.91. The zero-order chi connectivity index (χ0) is 21.7. The molecule has 2 fully saturated rings. The molecule has 0 spiro atoms. The minimum absolute atomic E-state index is 0.154. The molecule has 0 radical (unpaired) electrons. The van der Waals surface area contributed by atoms with Crippen molar-refractivity contribution in [2.75, 3.05) is 37.6 Å². The monoisotopic (exact) mass is 433 g/mol. The summed E-state index contributed by atoms with van der Waals surface area (Å²) in [6.07, 6.45) is -2.99. The summed E-state index contributed by atoms with van der Waals surface area (Å²) >= 11 is 0. The van der Waals surface area contributed by atoms with E-state index in [2.05, 4.69) is 10.2 Å². The van der Waals surface area contributed by atoms with Crippen molar-refractivity contribution >= 4 is 11.6 Å². The van der Waals surface area contributed by atoms with Crippen LogP contribution in [0.15, 0.2) is 24.3 Å². The van der Waals surface area contributed by atoms with Crippen LogP contribution in [0.25, 0.3) is 0 Å². The average Bonchev–Trinajstić information content (AvgIpc) is 2.73. The van der Waals surface area contributed by atoms with Gasteiger partial charge in [0.25, 0.3) is 5.91 Å². The van der Waals surface area contributed by atoms with Gasteiger partial charge in [-0.15, -0.1) is 0 Å². The van der Waals surface area contributed by atoms with E-state index >= 15 is 0 Å². The number of nitrogens with zero attached hydrogens (tertiary/aromatic N) is 2. The molecule has 4 nitrogen and oxygen atoms in total. The van der Waals surface area contributed by atoms with E-state index in [0.717, 1.165) is 57.8 Å². The predicted molar refractivity (Wildman–Crippen MR) is 105 cm³/mol. The Morgan fingerprint density at radius 3 is 2.33 bits per heavy atom. The second kappa shape index (κ2) is 9.94. The van der Waals surface area contributed by atoms with Crippen LogP contribution in [0.3, 0.4) is 0 Å². The number of hydrogen-bond acceptors (Lipinski definition) is 3. The SMILES string of the molecule is O=C(N[C@H]1CC[C@H](CCN2CCN(c3cccc(C(F)(F)F)c3)CC2)CC1)C(F)F. The number of nitrogens with one attached hydrogen (secondary N) is 1. The summed E-state index contributed by atoms with van der Waals surface area (Å²) in [5.74, 6) is -0.664. The Balaban J connectivity index is 1.37. The van der Waals surface area contributed by atoms with Gasteiger partial charge in [-0.1, -0.05) is 6.07 Å². The first-order valence-corrected chi connectivity index (χ1v) is 10.5. The van der Waals surface area contributed by atoms with E-state index in [4.69, 9.17) is 0 Å². The van der Waals surface area contributed by atoms with E-state index in [1.807, 2.05) is 4.90 Å². The molecule has 1 heterocycles. The molecule has 1 saturated carbocycles. The van der Waals surface area contributed by atoms with Crippen LogP contribution < -0.4 is 10.2 Å². The van der Waals surface area contributed by atoms with Gasteiger partial charge >= 0.3 is 12.6 Å². The maximum atomic E-state index is 12.9. The predicted octanol–water partition coefficient (Wildman–Crippen LogP) is 4.16. The minimum Gasteiger partial charge on any atom is -0.369 e. The molecular weight excluding hydrogens is 405 g/mol. The van der Waals surface area contributed by atoms with Crippen LogP contribution in [0.5, 0.6) is 0 Å². The molecule has 0 atom stereocenters. The van der Waals surface area contributed by atoms with Gasteiger partial charge in [0.2, 0.25) is 0 Å². The lowest BCUT2D eigenvalue weighted by Crippen LogP contribution is -2.47. The normalized spacial score (nSPS) is 23.6. The molecular formula is C21H28F5N3O. The van der Waals surface area contributed by atoms with Crippen LogP contribution >= 0.6 is 0 Å². The molecule has 0 aromatic heterocycles. The Kier molecular flexibility index (Phi) is 7.55. The first kappa shape index (κ1) is 22.8. The number of carbonyl (C=O) groups is 1. The van der Waals surface area contributed by atoms with Gasteiger partial charge in [0.05, 0.1) is 5.56 Å². The lowest BCUT2D eigenvalue weighted by atomic mass is 9.84. The number of benzene rings is 1. The summed E-state index contributed by atoms with van der Waals surface area (Å²) in [4.78, 5) is 15.4. The van der Waals surface area contributed by atoms with Crippen LogP contribution in [-0.4, -0.2) is 56.0 Å². The smallest absolute Gasteiger partial charge is 0.369 e. The van der Waals surface area contributed by atoms with E-state index in [1.54, 1.807) is 6.07 Å². The van der Waals surface area contributed by atoms with E-state index in [0.29, 0.717) is 24.7 Å². The maximum Gasteiger partial charge on any atom is 0.416 e. The van der Waals surface area contributed by atoms with Crippen molar-refractivity contribution in [3.63, 3.8) is 0 Å². The van der Waals surface area contributed by atoms with E-state index < -0.39 is 24.1 Å². The third-order valence-electron chi connectivity index (χ3n) is 6.16. The standard InChI is InChI=1S/C21H28F5N3O/c22-19(23)20(30)27-17-6-4-15(5-7-17)8-9-28-10-12-29(13-11-28)18-3-1-2-16(14-18)21(24,25)26/h1-3,14-15,17,19H,4-13H2,(H,27,30)/t15-,17-. The summed E-state index contributed by atoms with van der Waals surface area (Å²) in [5.41, 5.74) is -0.0172. The molecule has 0 unspecified atom stereocenters. The lowest BCUT2D eigenvalue weighted by Gasteiger charge is -2.37. The second-order valence-corrected chi connectivity index (χ2v) is 8.19. The molecule has 1 amide bonds. The van der Waals surface area contributed by atoms with Crippen molar-refractivity contribution in [3.05, 3.63) is 29.8 Å². The Labute approximate surface area is 173 Å². The number of carbonyl (C=O) groups excluding carboxylic acids is 1. The van der Waals surface area contributed by atoms with Gasteiger partial charge in [0, 0.05) is 37.9 Å². The fourth-order valence-corrected chi connectivity index (χ4v) is 4.33. The molecule has 0 bridgehead atoms. The molecule has 1 N–H and O–H groups in total. The molecule has 9 heteroatoms. The molecule has 1 aliphatic heterocycles. The fourth-order valence-electron chi connectivity index (χ4n) is 4.33. The summed E-state index contributed by atoms with van der Waals surface area (Å²) in [7, 11) is 0. The van der Waals surface area contributed by atoms with Gasteiger partial charge < -0.3 is 10.2 Å². The summed E-state index contributed by atoms with van der Waals surface area (Å²) in [6, 6.07) is 5.31. The van der Waals surface area contributed by atoms with Gasteiger partial charge in [0.15, 0.2) is 0 Å². The van der Waals surface area contributed by atoms with Crippen molar-refractivity contribution in [2.45, 2.75) is 50.7 Å². The van der Waals surface area contributed by atoms with E-state index in [9.17, 15) is 26.7 Å². The van der Waals surface area contributed by atoms with Gasteiger partial charge in [-0.2, -0.15) is 22.0 Å². The van der Waals surface area contributed by atoms with Gasteiger partial charge in [0.1, 0.15) is 0 Å². The summed E-state index contributed by atoms with van der Waals surface area (Å²) in [5, 5.41) is 2.40. The van der Waals surface area contributed by atoms with Crippen molar-refractivity contribution in [1.82, 2.24) is 10.2 Å².